The van der Waals surface area contributed by atoms with Gasteiger partial charge in [-0.3, -0.25) is 19.0 Å². The van der Waals surface area contributed by atoms with Crippen molar-refractivity contribution in [2.24, 2.45) is 5.92 Å². The summed E-state index contributed by atoms with van der Waals surface area (Å²) in [6.45, 7) is 2.57. The quantitative estimate of drug-likeness (QED) is 0.684. The standard InChI is InChI=1S/C21H21N3O7/c1-12(25)29-11-21-10-15(21)17(30-13(2)26)19(31-21)24-9-8-16(23-20(24)28)22-18(27)14-6-4-3-5-7-14/h3-9,15,17,19H,10-11H2,1-2H3,(H,22,23,27,28)/t15-,17+,19+,21+/m0/s1. The van der Waals surface area contributed by atoms with Gasteiger partial charge in [0.25, 0.3) is 5.91 Å². The van der Waals surface area contributed by atoms with Crippen molar-refractivity contribution >= 4 is 23.7 Å². The Morgan fingerprint density at radius 3 is 2.58 bits per heavy atom. The Bertz CT molecular complexity index is 1080. The minimum Gasteiger partial charge on any atom is -0.463 e. The molecule has 0 bridgehead atoms. The first-order valence-corrected chi connectivity index (χ1v) is 9.73. The van der Waals surface area contributed by atoms with Gasteiger partial charge < -0.3 is 19.5 Å². The minimum atomic E-state index is -0.919. The van der Waals surface area contributed by atoms with Crippen LogP contribution < -0.4 is 11.0 Å². The molecule has 2 aliphatic rings. The number of carbonyl (C=O) groups excluding carboxylic acids is 3. The molecule has 0 unspecified atom stereocenters. The van der Waals surface area contributed by atoms with Gasteiger partial charge in [-0.15, -0.1) is 0 Å². The van der Waals surface area contributed by atoms with Crippen LogP contribution in [-0.2, 0) is 23.8 Å². The van der Waals surface area contributed by atoms with Gasteiger partial charge in [0, 0.05) is 31.5 Å². The van der Waals surface area contributed by atoms with Gasteiger partial charge in [-0.25, -0.2) is 4.79 Å². The van der Waals surface area contributed by atoms with Gasteiger partial charge in [-0.05, 0) is 24.6 Å². The van der Waals surface area contributed by atoms with Crippen LogP contribution >= 0.6 is 0 Å². The smallest absolute Gasteiger partial charge is 0.351 e. The van der Waals surface area contributed by atoms with Crippen molar-refractivity contribution < 1.29 is 28.6 Å². The van der Waals surface area contributed by atoms with Crippen LogP contribution in [0.3, 0.4) is 0 Å². The first-order valence-electron chi connectivity index (χ1n) is 9.73. The molecule has 31 heavy (non-hydrogen) atoms. The number of nitrogens with one attached hydrogen (secondary N) is 1. The fourth-order valence-corrected chi connectivity index (χ4v) is 3.80. The van der Waals surface area contributed by atoms with E-state index in [2.05, 4.69) is 10.3 Å². The Kier molecular flexibility index (Phi) is 5.32. The van der Waals surface area contributed by atoms with E-state index < -0.39 is 41.5 Å². The van der Waals surface area contributed by atoms with Gasteiger partial charge in [0.1, 0.15) is 18.0 Å². The summed E-state index contributed by atoms with van der Waals surface area (Å²) in [5.74, 6) is -1.49. The lowest BCUT2D eigenvalue weighted by Crippen LogP contribution is -2.36. The lowest BCUT2D eigenvalue weighted by molar-refractivity contribution is -0.160. The van der Waals surface area contributed by atoms with Gasteiger partial charge in [-0.2, -0.15) is 4.98 Å². The molecule has 1 saturated heterocycles. The molecule has 162 valence electrons. The van der Waals surface area contributed by atoms with Crippen LogP contribution in [0.1, 0.15) is 36.9 Å². The predicted molar refractivity (Wildman–Crippen MR) is 106 cm³/mol. The molecule has 2 aromatic rings. The second-order valence-corrected chi connectivity index (χ2v) is 7.56. The number of amides is 1. The number of hydrogen-bond donors (Lipinski definition) is 1. The van der Waals surface area contributed by atoms with E-state index in [0.29, 0.717) is 12.0 Å². The molecular formula is C21H21N3O7. The number of benzene rings is 1. The number of nitrogens with zero attached hydrogens (tertiary/aromatic N) is 2. The van der Waals surface area contributed by atoms with E-state index in [1.807, 2.05) is 0 Å². The number of fused-ring (bicyclic) bond motifs is 1. The highest BCUT2D eigenvalue weighted by Gasteiger charge is 2.70. The second-order valence-electron chi connectivity index (χ2n) is 7.56. The zero-order chi connectivity index (χ0) is 22.2. The lowest BCUT2D eigenvalue weighted by atomic mass is 10.2. The molecule has 1 amide bonds. The number of esters is 2. The largest absolute Gasteiger partial charge is 0.463 e. The van der Waals surface area contributed by atoms with Crippen molar-refractivity contribution in [3.63, 3.8) is 0 Å². The van der Waals surface area contributed by atoms with E-state index in [-0.39, 0.29) is 18.3 Å². The summed E-state index contributed by atoms with van der Waals surface area (Å²) in [4.78, 5) is 51.6. The topological polar surface area (TPSA) is 126 Å². The first-order chi connectivity index (χ1) is 14.8. The molecule has 1 saturated carbocycles. The molecule has 1 aromatic carbocycles. The van der Waals surface area contributed by atoms with Gasteiger partial charge in [-0.1, -0.05) is 18.2 Å². The Morgan fingerprint density at radius 1 is 1.19 bits per heavy atom. The molecular weight excluding hydrogens is 406 g/mol. The third-order valence-electron chi connectivity index (χ3n) is 5.32. The highest BCUT2D eigenvalue weighted by Crippen LogP contribution is 2.60. The second kappa shape index (κ2) is 7.95. The van der Waals surface area contributed by atoms with E-state index >= 15 is 0 Å². The van der Waals surface area contributed by atoms with E-state index in [1.54, 1.807) is 30.3 Å². The molecule has 0 radical (unpaired) electrons. The number of rotatable bonds is 6. The van der Waals surface area contributed by atoms with Crippen molar-refractivity contribution in [1.29, 1.82) is 0 Å². The maximum absolute atomic E-state index is 12.7. The van der Waals surface area contributed by atoms with Crippen LogP contribution in [-0.4, -0.2) is 45.7 Å². The normalized spacial score (nSPS) is 25.9. The summed E-state index contributed by atoms with van der Waals surface area (Å²) >= 11 is 0. The molecule has 1 N–H and O–H groups in total. The summed E-state index contributed by atoms with van der Waals surface area (Å²) in [5.41, 5.74) is -1.05. The van der Waals surface area contributed by atoms with Crippen molar-refractivity contribution in [2.45, 2.75) is 38.2 Å². The molecule has 2 heterocycles. The maximum Gasteiger partial charge on any atom is 0.351 e. The summed E-state index contributed by atoms with van der Waals surface area (Å²) < 4.78 is 17.7. The molecule has 0 spiro atoms. The van der Waals surface area contributed by atoms with E-state index in [0.717, 1.165) is 0 Å². The summed E-state index contributed by atoms with van der Waals surface area (Å²) in [7, 11) is 0. The minimum absolute atomic E-state index is 0.00859. The highest BCUT2D eigenvalue weighted by molar-refractivity contribution is 6.03. The zero-order valence-electron chi connectivity index (χ0n) is 16.9. The van der Waals surface area contributed by atoms with Crippen LogP contribution in [0.5, 0.6) is 0 Å². The van der Waals surface area contributed by atoms with E-state index in [9.17, 15) is 19.2 Å². The van der Waals surface area contributed by atoms with Crippen LogP contribution in [0.15, 0.2) is 47.4 Å². The van der Waals surface area contributed by atoms with Gasteiger partial charge in [0.05, 0.1) is 0 Å². The van der Waals surface area contributed by atoms with Crippen LogP contribution in [0.2, 0.25) is 0 Å². The Morgan fingerprint density at radius 2 is 1.94 bits per heavy atom. The molecule has 1 aromatic heterocycles. The number of aromatic nitrogens is 2. The number of hydrogen-bond acceptors (Lipinski definition) is 8. The fraction of sp³-hybridized carbons (Fsp3) is 0.381. The molecule has 4 rings (SSSR count). The zero-order valence-corrected chi connectivity index (χ0v) is 16.9. The molecule has 1 aliphatic heterocycles. The van der Waals surface area contributed by atoms with E-state index in [4.69, 9.17) is 14.2 Å². The lowest BCUT2D eigenvalue weighted by Gasteiger charge is -2.24. The van der Waals surface area contributed by atoms with Crippen molar-refractivity contribution in [1.82, 2.24) is 9.55 Å². The van der Waals surface area contributed by atoms with Gasteiger partial charge in [0.2, 0.25) is 0 Å². The van der Waals surface area contributed by atoms with Crippen LogP contribution in [0, 0.1) is 5.92 Å². The average Bonchev–Trinajstić information content (AvgIpc) is 3.36. The fourth-order valence-electron chi connectivity index (χ4n) is 3.80. The number of carbonyl (C=O) groups is 3. The summed E-state index contributed by atoms with van der Waals surface area (Å²) in [6, 6.07) is 9.98. The third-order valence-corrected chi connectivity index (χ3v) is 5.32. The Labute approximate surface area is 177 Å². The SMILES string of the molecule is CC(=O)OC[C@]12C[C@H]1[C@@H](OC(C)=O)[C@H](n1ccc(NC(=O)c3ccccc3)nc1=O)O2. The van der Waals surface area contributed by atoms with Crippen molar-refractivity contribution in [3.8, 4) is 0 Å². The van der Waals surface area contributed by atoms with Crippen molar-refractivity contribution in [3.05, 3.63) is 58.6 Å². The molecule has 10 heteroatoms. The average molecular weight is 427 g/mol. The third kappa shape index (κ3) is 4.19. The first kappa shape index (κ1) is 20.7. The number of anilines is 1. The molecule has 10 nitrogen and oxygen atoms in total. The number of ether oxygens (including phenoxy) is 3. The summed E-state index contributed by atoms with van der Waals surface area (Å²) in [6.07, 6.45) is 0.318. The molecule has 2 fully saturated rings. The Balaban J connectivity index is 1.54. The molecule has 1 aliphatic carbocycles. The van der Waals surface area contributed by atoms with Crippen LogP contribution in [0.25, 0.3) is 0 Å². The molecule has 4 atom stereocenters. The highest BCUT2D eigenvalue weighted by atomic mass is 16.6. The maximum atomic E-state index is 12.7. The summed E-state index contributed by atoms with van der Waals surface area (Å²) in [5, 5.41) is 2.57. The van der Waals surface area contributed by atoms with Crippen molar-refractivity contribution in [2.75, 3.05) is 11.9 Å². The van der Waals surface area contributed by atoms with Crippen LogP contribution in [0.4, 0.5) is 5.82 Å². The van der Waals surface area contributed by atoms with Gasteiger partial charge >= 0.3 is 17.6 Å². The Hall–Kier alpha value is -3.53. The van der Waals surface area contributed by atoms with E-state index in [1.165, 1.54) is 30.7 Å². The van der Waals surface area contributed by atoms with Gasteiger partial charge in [0.15, 0.2) is 12.3 Å². The monoisotopic (exact) mass is 427 g/mol. The predicted octanol–water partition coefficient (Wildman–Crippen LogP) is 1.28.